The second kappa shape index (κ2) is 8.06. The first-order valence-electron chi connectivity index (χ1n) is 7.20. The van der Waals surface area contributed by atoms with Crippen LogP contribution in [0.15, 0.2) is 47.4 Å². The molecule has 0 saturated heterocycles. The molecule has 130 valence electrons. The van der Waals surface area contributed by atoms with Crippen LogP contribution in [0.3, 0.4) is 0 Å². The van der Waals surface area contributed by atoms with E-state index in [1.807, 2.05) is 0 Å². The van der Waals surface area contributed by atoms with Crippen LogP contribution in [0.5, 0.6) is 11.5 Å². The molecule has 0 amide bonds. The van der Waals surface area contributed by atoms with Crippen molar-refractivity contribution >= 4 is 27.5 Å². The number of ether oxygens (including phenoxy) is 2. The van der Waals surface area contributed by atoms with Crippen LogP contribution in [-0.2, 0) is 15.6 Å². The molecule has 0 radical (unpaired) electrons. The van der Waals surface area contributed by atoms with Gasteiger partial charge < -0.3 is 9.47 Å². The Morgan fingerprint density at radius 2 is 1.68 bits per heavy atom. The van der Waals surface area contributed by atoms with E-state index in [1.165, 1.54) is 20.3 Å². The average molecular weight is 378 g/mol. The number of allylic oxidation sites excluding steroid dienone is 1. The number of sulfone groups is 1. The predicted octanol–water partition coefficient (Wildman–Crippen LogP) is 3.84. The third kappa shape index (κ3) is 4.99. The van der Waals surface area contributed by atoms with Gasteiger partial charge in [-0.2, -0.15) is 5.26 Å². The van der Waals surface area contributed by atoms with Crippen LogP contribution in [-0.4, -0.2) is 22.6 Å². The summed E-state index contributed by atoms with van der Waals surface area (Å²) in [5.41, 5.74) is 1.04. The van der Waals surface area contributed by atoms with E-state index in [4.69, 9.17) is 21.1 Å². The maximum Gasteiger partial charge on any atom is 0.192 e. The summed E-state index contributed by atoms with van der Waals surface area (Å²) in [6.45, 7) is 0. The molecular formula is C18H16ClNO4S. The number of benzene rings is 2. The van der Waals surface area contributed by atoms with E-state index >= 15 is 0 Å². The summed E-state index contributed by atoms with van der Waals surface area (Å²) in [5, 5.41) is 9.83. The molecule has 0 bridgehead atoms. The summed E-state index contributed by atoms with van der Waals surface area (Å²) in [6.07, 6.45) is 1.30. The van der Waals surface area contributed by atoms with Crippen molar-refractivity contribution in [3.63, 3.8) is 0 Å². The van der Waals surface area contributed by atoms with Crippen LogP contribution < -0.4 is 9.47 Å². The zero-order valence-electron chi connectivity index (χ0n) is 13.7. The summed E-state index contributed by atoms with van der Waals surface area (Å²) in [4.78, 5) is -0.335. The van der Waals surface area contributed by atoms with Crippen molar-refractivity contribution in [1.29, 1.82) is 5.26 Å². The van der Waals surface area contributed by atoms with E-state index in [1.54, 1.807) is 48.5 Å². The molecule has 5 nitrogen and oxygen atoms in total. The van der Waals surface area contributed by atoms with Gasteiger partial charge in [0.25, 0.3) is 0 Å². The Labute approximate surface area is 152 Å². The van der Waals surface area contributed by atoms with Crippen molar-refractivity contribution in [1.82, 2.24) is 0 Å². The van der Waals surface area contributed by atoms with Gasteiger partial charge in [0.15, 0.2) is 9.84 Å². The molecule has 0 spiro atoms. The normalized spacial score (nSPS) is 11.7. The topological polar surface area (TPSA) is 76.4 Å². The van der Waals surface area contributed by atoms with Gasteiger partial charge in [-0.1, -0.05) is 23.7 Å². The van der Waals surface area contributed by atoms with Crippen molar-refractivity contribution in [2.24, 2.45) is 0 Å². The largest absolute Gasteiger partial charge is 0.497 e. The summed E-state index contributed by atoms with van der Waals surface area (Å²) >= 11 is 5.80. The molecule has 0 atom stereocenters. The molecule has 2 rings (SSSR count). The smallest absolute Gasteiger partial charge is 0.192 e. The van der Waals surface area contributed by atoms with Gasteiger partial charge in [0, 0.05) is 11.1 Å². The standard InChI is InChI=1S/C18H16ClNO4S/c1-23-16-7-14(8-17(10-16)24-2)9-18(11-20)25(21,22)12-13-3-5-15(19)6-4-13/h3-10H,12H2,1-2H3/b18-9+. The fourth-order valence-corrected chi connectivity index (χ4v) is 3.50. The number of methoxy groups -OCH3 is 2. The molecular weight excluding hydrogens is 362 g/mol. The highest BCUT2D eigenvalue weighted by atomic mass is 35.5. The lowest BCUT2D eigenvalue weighted by Gasteiger charge is -2.07. The van der Waals surface area contributed by atoms with E-state index in [0.29, 0.717) is 27.6 Å². The number of nitrogens with zero attached hydrogens (tertiary/aromatic N) is 1. The molecule has 0 heterocycles. The Morgan fingerprint density at radius 3 is 2.16 bits per heavy atom. The molecule has 7 heteroatoms. The first-order valence-corrected chi connectivity index (χ1v) is 9.23. The first kappa shape index (κ1) is 18.8. The fourth-order valence-electron chi connectivity index (χ4n) is 2.13. The number of nitriles is 1. The van der Waals surface area contributed by atoms with Crippen molar-refractivity contribution in [2.45, 2.75) is 5.75 Å². The van der Waals surface area contributed by atoms with Crippen LogP contribution in [0.25, 0.3) is 6.08 Å². The molecule has 25 heavy (non-hydrogen) atoms. The number of hydrogen-bond acceptors (Lipinski definition) is 5. The minimum absolute atomic E-state index is 0.287. The van der Waals surface area contributed by atoms with Gasteiger partial charge in [-0.3, -0.25) is 0 Å². The number of hydrogen-bond donors (Lipinski definition) is 0. The second-order valence-electron chi connectivity index (χ2n) is 5.15. The lowest BCUT2D eigenvalue weighted by atomic mass is 10.2. The number of rotatable bonds is 6. The van der Waals surface area contributed by atoms with E-state index in [0.717, 1.165) is 0 Å². The quantitative estimate of drug-likeness (QED) is 0.715. The van der Waals surface area contributed by atoms with Gasteiger partial charge >= 0.3 is 0 Å². The van der Waals surface area contributed by atoms with Crippen LogP contribution in [0, 0.1) is 11.3 Å². The minimum atomic E-state index is -3.80. The molecule has 0 unspecified atom stereocenters. The van der Waals surface area contributed by atoms with E-state index in [-0.39, 0.29) is 10.7 Å². The molecule has 0 aromatic heterocycles. The lowest BCUT2D eigenvalue weighted by molar-refractivity contribution is 0.394. The molecule has 0 saturated carbocycles. The van der Waals surface area contributed by atoms with Crippen LogP contribution in [0.1, 0.15) is 11.1 Å². The van der Waals surface area contributed by atoms with Crippen molar-refractivity contribution in [2.75, 3.05) is 14.2 Å². The van der Waals surface area contributed by atoms with Crippen LogP contribution >= 0.6 is 11.6 Å². The molecule has 2 aromatic rings. The highest BCUT2D eigenvalue weighted by molar-refractivity contribution is 7.95. The molecule has 0 aliphatic carbocycles. The molecule has 2 aromatic carbocycles. The Hall–Kier alpha value is -2.49. The van der Waals surface area contributed by atoms with Crippen molar-refractivity contribution < 1.29 is 17.9 Å². The highest BCUT2D eigenvalue weighted by Crippen LogP contribution is 2.25. The fraction of sp³-hybridized carbons (Fsp3) is 0.167. The van der Waals surface area contributed by atoms with E-state index < -0.39 is 9.84 Å². The van der Waals surface area contributed by atoms with E-state index in [9.17, 15) is 13.7 Å². The summed E-state index contributed by atoms with van der Waals surface area (Å²) in [5.74, 6) is 0.709. The summed E-state index contributed by atoms with van der Waals surface area (Å²) < 4.78 is 35.4. The molecule has 0 aliphatic rings. The zero-order valence-corrected chi connectivity index (χ0v) is 15.3. The maximum absolute atomic E-state index is 12.5. The average Bonchev–Trinajstić information content (AvgIpc) is 2.60. The first-order chi connectivity index (χ1) is 11.9. The Kier molecular flexibility index (Phi) is 6.07. The third-order valence-corrected chi connectivity index (χ3v) is 5.23. The van der Waals surface area contributed by atoms with Crippen LogP contribution in [0.4, 0.5) is 0 Å². The zero-order chi connectivity index (χ0) is 18.4. The summed E-state index contributed by atoms with van der Waals surface area (Å²) in [7, 11) is -0.819. The van der Waals surface area contributed by atoms with Crippen molar-refractivity contribution in [3.8, 4) is 17.6 Å². The SMILES string of the molecule is COc1cc(/C=C(\C#N)S(=O)(=O)Cc2ccc(Cl)cc2)cc(OC)c1. The maximum atomic E-state index is 12.5. The van der Waals surface area contributed by atoms with Crippen LogP contribution in [0.2, 0.25) is 5.02 Å². The number of halogens is 1. The molecule has 0 fully saturated rings. The predicted molar refractivity (Wildman–Crippen MR) is 97.2 cm³/mol. The summed E-state index contributed by atoms with van der Waals surface area (Å²) in [6, 6.07) is 13.1. The van der Waals surface area contributed by atoms with E-state index in [2.05, 4.69) is 0 Å². The monoisotopic (exact) mass is 377 g/mol. The molecule has 0 N–H and O–H groups in total. The Morgan fingerprint density at radius 1 is 1.12 bits per heavy atom. The third-order valence-electron chi connectivity index (χ3n) is 3.39. The molecule has 0 aliphatic heterocycles. The van der Waals surface area contributed by atoms with Gasteiger partial charge in [0.05, 0.1) is 20.0 Å². The lowest BCUT2D eigenvalue weighted by Crippen LogP contribution is -2.06. The Bertz CT molecular complexity index is 906. The Balaban J connectivity index is 2.39. The van der Waals surface area contributed by atoms with Gasteiger partial charge in [0.1, 0.15) is 22.5 Å². The van der Waals surface area contributed by atoms with Crippen molar-refractivity contribution in [3.05, 3.63) is 63.5 Å². The van der Waals surface area contributed by atoms with Gasteiger partial charge in [-0.15, -0.1) is 0 Å². The van der Waals surface area contributed by atoms with Gasteiger partial charge in [-0.25, -0.2) is 8.42 Å². The minimum Gasteiger partial charge on any atom is -0.497 e. The highest BCUT2D eigenvalue weighted by Gasteiger charge is 2.19. The van der Waals surface area contributed by atoms with Gasteiger partial charge in [-0.05, 0) is 41.5 Å². The second-order valence-corrected chi connectivity index (χ2v) is 7.55. The van der Waals surface area contributed by atoms with Gasteiger partial charge in [0.2, 0.25) is 0 Å².